The van der Waals surface area contributed by atoms with Gasteiger partial charge >= 0.3 is 5.97 Å². The van der Waals surface area contributed by atoms with Crippen LogP contribution in [0.25, 0.3) is 11.0 Å². The van der Waals surface area contributed by atoms with Crippen molar-refractivity contribution < 1.29 is 14.6 Å². The summed E-state index contributed by atoms with van der Waals surface area (Å²) in [6.07, 6.45) is 3.90. The first-order valence-corrected chi connectivity index (χ1v) is 12.1. The number of carbonyl (C=O) groups excluding carboxylic acids is 1. The second-order valence-electron chi connectivity index (χ2n) is 8.33. The molecule has 3 heterocycles. The summed E-state index contributed by atoms with van der Waals surface area (Å²) in [6, 6.07) is 17.8. The van der Waals surface area contributed by atoms with Gasteiger partial charge in [0.05, 0.1) is 29.8 Å². The normalized spacial score (nSPS) is 14.5. The maximum Gasteiger partial charge on any atom is 0.339 e. The number of anilines is 1. The number of benzene rings is 2. The molecule has 7 nitrogen and oxygen atoms in total. The summed E-state index contributed by atoms with van der Waals surface area (Å²) >= 11 is 1.43. The Morgan fingerprint density at radius 2 is 1.88 bits per heavy atom. The lowest BCUT2D eigenvalue weighted by molar-refractivity contribution is 0.0596. The number of aliphatic hydroxyl groups is 1. The first kappa shape index (κ1) is 22.4. The zero-order valence-corrected chi connectivity index (χ0v) is 19.7. The van der Waals surface area contributed by atoms with Crippen molar-refractivity contribution in [1.29, 1.82) is 0 Å². The number of piperidine rings is 1. The molecule has 4 aromatic rings. The number of methoxy groups -OCH3 is 1. The van der Waals surface area contributed by atoms with Crippen LogP contribution in [-0.4, -0.2) is 52.3 Å². The van der Waals surface area contributed by atoms with Crippen molar-refractivity contribution in [1.82, 2.24) is 15.0 Å². The van der Waals surface area contributed by atoms with E-state index < -0.39 is 0 Å². The number of hydrogen-bond donors (Lipinski definition) is 2. The van der Waals surface area contributed by atoms with E-state index in [1.165, 1.54) is 24.6 Å². The predicted molar refractivity (Wildman–Crippen MR) is 132 cm³/mol. The number of carbonyl (C=O) groups is 1. The molecule has 2 N–H and O–H groups in total. The molecule has 8 heteroatoms. The summed E-state index contributed by atoms with van der Waals surface area (Å²) < 4.78 is 4.94. The molecular formula is C26H26N4O3S. The van der Waals surface area contributed by atoms with Crippen molar-refractivity contribution in [2.24, 2.45) is 0 Å². The van der Waals surface area contributed by atoms with Gasteiger partial charge in [0, 0.05) is 36.3 Å². The van der Waals surface area contributed by atoms with Gasteiger partial charge in [-0.15, -0.1) is 0 Å². The van der Waals surface area contributed by atoms with Gasteiger partial charge < -0.3 is 19.7 Å². The summed E-state index contributed by atoms with van der Waals surface area (Å²) in [5.74, 6) is 0.349. The third-order valence-corrected chi connectivity index (χ3v) is 7.11. The molecule has 0 atom stereocenters. The van der Waals surface area contributed by atoms with Gasteiger partial charge in [-0.25, -0.2) is 14.8 Å². The van der Waals surface area contributed by atoms with E-state index >= 15 is 0 Å². The van der Waals surface area contributed by atoms with Crippen molar-refractivity contribution in [2.75, 3.05) is 25.1 Å². The summed E-state index contributed by atoms with van der Waals surface area (Å²) in [5.41, 5.74) is 4.49. The number of aromatic amines is 1. The second-order valence-corrected chi connectivity index (χ2v) is 9.36. The minimum Gasteiger partial charge on any atom is -0.465 e. The molecule has 1 fully saturated rings. The molecular weight excluding hydrogens is 448 g/mol. The molecule has 0 radical (unpaired) electrons. The highest BCUT2D eigenvalue weighted by Crippen LogP contribution is 2.33. The standard InChI is InChI=1S/C26H26N4O3S/c1-33-26(32)20-4-2-3-5-22(20)34-25-24-21(10-13-27-24)28-23(29-25)16-17-6-8-18(9-7-17)30-14-11-19(31)12-15-30/h2-10,13,19,27,31H,11-12,14-16H2,1H3. The molecule has 0 saturated carbocycles. The van der Waals surface area contributed by atoms with Gasteiger partial charge in [-0.3, -0.25) is 0 Å². The Hall–Kier alpha value is -3.36. The van der Waals surface area contributed by atoms with E-state index in [0.29, 0.717) is 12.0 Å². The topological polar surface area (TPSA) is 91.3 Å². The van der Waals surface area contributed by atoms with Crippen LogP contribution < -0.4 is 4.90 Å². The molecule has 0 spiro atoms. The monoisotopic (exact) mass is 474 g/mol. The summed E-state index contributed by atoms with van der Waals surface area (Å²) in [4.78, 5) is 28.1. The SMILES string of the molecule is COC(=O)c1ccccc1Sc1nc(Cc2ccc(N3CCC(O)CC3)cc2)nc2cc[nH]c12. The number of fused-ring (bicyclic) bond motifs is 1. The molecule has 34 heavy (non-hydrogen) atoms. The van der Waals surface area contributed by atoms with E-state index in [4.69, 9.17) is 14.7 Å². The fourth-order valence-corrected chi connectivity index (χ4v) is 5.22. The number of H-pyrrole nitrogens is 1. The van der Waals surface area contributed by atoms with Gasteiger partial charge in [-0.1, -0.05) is 36.0 Å². The van der Waals surface area contributed by atoms with Gasteiger partial charge in [0.25, 0.3) is 0 Å². The number of rotatable bonds is 6. The minimum absolute atomic E-state index is 0.178. The number of aliphatic hydroxyl groups excluding tert-OH is 1. The molecule has 174 valence electrons. The maximum absolute atomic E-state index is 12.2. The number of ether oxygens (including phenoxy) is 1. The summed E-state index contributed by atoms with van der Waals surface area (Å²) in [7, 11) is 1.38. The number of hydrogen-bond acceptors (Lipinski definition) is 7. The van der Waals surface area contributed by atoms with Crippen molar-refractivity contribution in [3.05, 3.63) is 77.7 Å². The van der Waals surface area contributed by atoms with E-state index in [9.17, 15) is 9.90 Å². The van der Waals surface area contributed by atoms with Gasteiger partial charge in [-0.05, 0) is 48.7 Å². The third kappa shape index (κ3) is 4.78. The lowest BCUT2D eigenvalue weighted by Crippen LogP contribution is -2.35. The van der Waals surface area contributed by atoms with Gasteiger partial charge in [-0.2, -0.15) is 0 Å². The largest absolute Gasteiger partial charge is 0.465 e. The van der Waals surface area contributed by atoms with Crippen LogP contribution in [0.5, 0.6) is 0 Å². The molecule has 0 unspecified atom stereocenters. The van der Waals surface area contributed by atoms with E-state index in [-0.39, 0.29) is 12.1 Å². The minimum atomic E-state index is -0.372. The van der Waals surface area contributed by atoms with Crippen molar-refractivity contribution in [3.8, 4) is 0 Å². The maximum atomic E-state index is 12.2. The molecule has 2 aromatic heterocycles. The molecule has 1 saturated heterocycles. The fraction of sp³-hybridized carbons (Fsp3) is 0.269. The zero-order chi connectivity index (χ0) is 23.5. The average Bonchev–Trinajstić information content (AvgIpc) is 3.34. The summed E-state index contributed by atoms with van der Waals surface area (Å²) in [6.45, 7) is 1.75. The molecule has 0 aliphatic carbocycles. The Balaban J connectivity index is 1.39. The lowest BCUT2D eigenvalue weighted by Gasteiger charge is -2.31. The van der Waals surface area contributed by atoms with Crippen LogP contribution >= 0.6 is 11.8 Å². The van der Waals surface area contributed by atoms with Crippen LogP contribution in [0.15, 0.2) is 70.7 Å². The van der Waals surface area contributed by atoms with Gasteiger partial charge in [0.2, 0.25) is 0 Å². The number of esters is 1. The Kier molecular flexibility index (Phi) is 6.51. The van der Waals surface area contributed by atoms with Crippen LogP contribution in [0.1, 0.15) is 34.6 Å². The number of aromatic nitrogens is 3. The molecule has 5 rings (SSSR count). The highest BCUT2D eigenvalue weighted by molar-refractivity contribution is 7.99. The van der Waals surface area contributed by atoms with E-state index in [0.717, 1.165) is 58.3 Å². The highest BCUT2D eigenvalue weighted by Gasteiger charge is 2.18. The van der Waals surface area contributed by atoms with Crippen molar-refractivity contribution in [3.63, 3.8) is 0 Å². The number of nitrogens with one attached hydrogen (secondary N) is 1. The lowest BCUT2D eigenvalue weighted by atomic mass is 10.1. The zero-order valence-electron chi connectivity index (χ0n) is 18.9. The predicted octanol–water partition coefficient (Wildman–Crippen LogP) is 4.45. The highest BCUT2D eigenvalue weighted by atomic mass is 32.2. The van der Waals surface area contributed by atoms with Crippen LogP contribution in [0.3, 0.4) is 0 Å². The van der Waals surface area contributed by atoms with E-state index in [2.05, 4.69) is 34.1 Å². The quantitative estimate of drug-likeness (QED) is 0.315. The van der Waals surface area contributed by atoms with Gasteiger partial charge in [0.1, 0.15) is 10.9 Å². The third-order valence-electron chi connectivity index (χ3n) is 6.05. The van der Waals surface area contributed by atoms with E-state index in [1.54, 1.807) is 6.07 Å². The van der Waals surface area contributed by atoms with E-state index in [1.807, 2.05) is 30.5 Å². The summed E-state index contributed by atoms with van der Waals surface area (Å²) in [5, 5.41) is 10.5. The Bertz CT molecular complexity index is 1300. The smallest absolute Gasteiger partial charge is 0.339 e. The Morgan fingerprint density at radius 1 is 1.12 bits per heavy atom. The molecule has 1 aliphatic rings. The number of nitrogens with zero attached hydrogens (tertiary/aromatic N) is 3. The first-order valence-electron chi connectivity index (χ1n) is 11.3. The fourth-order valence-electron chi connectivity index (χ4n) is 4.19. The Morgan fingerprint density at radius 3 is 2.65 bits per heavy atom. The Labute approximate surface area is 202 Å². The van der Waals surface area contributed by atoms with Gasteiger partial charge in [0.15, 0.2) is 0 Å². The average molecular weight is 475 g/mol. The molecule has 2 aromatic carbocycles. The van der Waals surface area contributed by atoms with Crippen molar-refractivity contribution in [2.45, 2.75) is 35.3 Å². The van der Waals surface area contributed by atoms with Crippen LogP contribution in [0.2, 0.25) is 0 Å². The molecule has 1 aliphatic heterocycles. The van der Waals surface area contributed by atoms with Crippen LogP contribution in [-0.2, 0) is 11.2 Å². The second kappa shape index (κ2) is 9.87. The first-order chi connectivity index (χ1) is 16.6. The molecule has 0 bridgehead atoms. The van der Waals surface area contributed by atoms with Crippen LogP contribution in [0.4, 0.5) is 5.69 Å². The van der Waals surface area contributed by atoms with Crippen LogP contribution in [0, 0.1) is 0 Å². The molecule has 0 amide bonds. The van der Waals surface area contributed by atoms with Crippen molar-refractivity contribution >= 4 is 34.5 Å².